The van der Waals surface area contributed by atoms with E-state index in [4.69, 9.17) is 9.47 Å². The Labute approximate surface area is 230 Å². The van der Waals surface area contributed by atoms with Crippen molar-refractivity contribution in [1.29, 1.82) is 0 Å². The van der Waals surface area contributed by atoms with Gasteiger partial charge in [0, 0.05) is 36.6 Å². The molecular formula is C33H35N3O3. The lowest BCUT2D eigenvalue weighted by molar-refractivity contribution is 0.0596. The molecule has 4 aromatic carbocycles. The Bertz CT molecular complexity index is 1320. The van der Waals surface area contributed by atoms with Crippen LogP contribution in [0.25, 0.3) is 0 Å². The van der Waals surface area contributed by atoms with Crippen LogP contribution in [0.4, 0.5) is 27.5 Å². The highest BCUT2D eigenvalue weighted by Crippen LogP contribution is 2.49. The van der Waals surface area contributed by atoms with Gasteiger partial charge in [-0.3, -0.25) is 0 Å². The number of carbonyl (C=O) groups excluding carboxylic acids is 1. The summed E-state index contributed by atoms with van der Waals surface area (Å²) in [6, 6.07) is 32.4. The van der Waals surface area contributed by atoms with Crippen molar-refractivity contribution in [3.63, 3.8) is 0 Å². The zero-order valence-electron chi connectivity index (χ0n) is 22.7. The van der Waals surface area contributed by atoms with Crippen molar-refractivity contribution in [1.82, 2.24) is 0 Å². The maximum atomic E-state index is 13.4. The molecule has 200 valence electrons. The SMILES string of the molecule is CC(C)(C)OC(=O)N1c2ccc(NCCc3ccccc3)cc2Oc2cc(NCCc3ccccc3)ccc21. The van der Waals surface area contributed by atoms with Gasteiger partial charge in [0.2, 0.25) is 0 Å². The largest absolute Gasteiger partial charge is 0.453 e. The van der Waals surface area contributed by atoms with Crippen LogP contribution in [-0.4, -0.2) is 24.8 Å². The molecule has 1 heterocycles. The number of ether oxygens (including phenoxy) is 2. The summed E-state index contributed by atoms with van der Waals surface area (Å²) in [7, 11) is 0. The van der Waals surface area contributed by atoms with Crippen molar-refractivity contribution in [2.45, 2.75) is 39.2 Å². The molecule has 0 aromatic heterocycles. The van der Waals surface area contributed by atoms with Crippen molar-refractivity contribution in [3.05, 3.63) is 108 Å². The summed E-state index contributed by atoms with van der Waals surface area (Å²) < 4.78 is 12.1. The molecule has 2 N–H and O–H groups in total. The Hall–Kier alpha value is -4.45. The number of anilines is 4. The van der Waals surface area contributed by atoms with Gasteiger partial charge in [-0.05, 0) is 69.0 Å². The van der Waals surface area contributed by atoms with E-state index in [1.165, 1.54) is 11.1 Å². The third-order valence-corrected chi connectivity index (χ3v) is 6.37. The van der Waals surface area contributed by atoms with E-state index in [9.17, 15) is 4.79 Å². The lowest BCUT2D eigenvalue weighted by Crippen LogP contribution is -2.35. The summed E-state index contributed by atoms with van der Waals surface area (Å²) in [5.41, 5.74) is 5.07. The van der Waals surface area contributed by atoms with E-state index in [0.717, 1.165) is 37.3 Å². The topological polar surface area (TPSA) is 62.8 Å². The first-order valence-corrected chi connectivity index (χ1v) is 13.4. The fraction of sp³-hybridized carbons (Fsp3) is 0.242. The molecule has 4 aromatic rings. The molecule has 6 nitrogen and oxygen atoms in total. The molecule has 0 saturated heterocycles. The monoisotopic (exact) mass is 521 g/mol. The van der Waals surface area contributed by atoms with Crippen molar-refractivity contribution in [2.75, 3.05) is 28.6 Å². The standard InChI is InChI=1S/C33H35N3O3/c1-33(2,3)39-32(37)36-28-16-14-26(34-20-18-24-10-6-4-7-11-24)22-30(28)38-31-23-27(15-17-29(31)36)35-21-19-25-12-8-5-9-13-25/h4-17,22-23,34-35H,18-21H2,1-3H3. The van der Waals surface area contributed by atoms with Gasteiger partial charge in [-0.1, -0.05) is 60.7 Å². The predicted molar refractivity (Wildman–Crippen MR) is 159 cm³/mol. The van der Waals surface area contributed by atoms with Crippen LogP contribution < -0.4 is 20.3 Å². The van der Waals surface area contributed by atoms with Crippen molar-refractivity contribution in [3.8, 4) is 11.5 Å². The van der Waals surface area contributed by atoms with Crippen LogP contribution in [-0.2, 0) is 17.6 Å². The number of nitrogens with one attached hydrogen (secondary N) is 2. The summed E-state index contributed by atoms with van der Waals surface area (Å²) in [6.45, 7) is 7.17. The lowest BCUT2D eigenvalue weighted by atomic mass is 10.1. The third kappa shape index (κ3) is 6.71. The molecule has 1 amide bonds. The summed E-state index contributed by atoms with van der Waals surface area (Å²) in [4.78, 5) is 15.0. The van der Waals surface area contributed by atoms with Gasteiger partial charge in [0.25, 0.3) is 0 Å². The Morgan fingerprint density at radius 3 is 1.62 bits per heavy atom. The van der Waals surface area contributed by atoms with Gasteiger partial charge in [0.05, 0.1) is 11.4 Å². The Morgan fingerprint density at radius 2 is 1.18 bits per heavy atom. The number of hydrogen-bond acceptors (Lipinski definition) is 5. The lowest BCUT2D eigenvalue weighted by Gasteiger charge is -2.33. The molecule has 0 aliphatic carbocycles. The van der Waals surface area contributed by atoms with Crippen molar-refractivity contribution >= 4 is 28.8 Å². The van der Waals surface area contributed by atoms with Crippen LogP contribution in [0.2, 0.25) is 0 Å². The Morgan fingerprint density at radius 1 is 0.718 bits per heavy atom. The van der Waals surface area contributed by atoms with E-state index in [0.29, 0.717) is 22.9 Å². The average Bonchev–Trinajstić information content (AvgIpc) is 2.92. The second-order valence-electron chi connectivity index (χ2n) is 10.6. The van der Waals surface area contributed by atoms with Crippen molar-refractivity contribution in [2.24, 2.45) is 0 Å². The van der Waals surface area contributed by atoms with Crippen LogP contribution >= 0.6 is 0 Å². The Balaban J connectivity index is 1.36. The van der Waals surface area contributed by atoms with Crippen molar-refractivity contribution < 1.29 is 14.3 Å². The average molecular weight is 522 g/mol. The second-order valence-corrected chi connectivity index (χ2v) is 10.6. The van der Waals surface area contributed by atoms with Gasteiger partial charge in [-0.25, -0.2) is 9.69 Å². The highest BCUT2D eigenvalue weighted by atomic mass is 16.6. The molecule has 39 heavy (non-hydrogen) atoms. The van der Waals surface area contributed by atoms with Gasteiger partial charge in [0.1, 0.15) is 5.60 Å². The van der Waals surface area contributed by atoms with E-state index < -0.39 is 11.7 Å². The van der Waals surface area contributed by atoms with E-state index >= 15 is 0 Å². The highest BCUT2D eigenvalue weighted by molar-refractivity contribution is 6.01. The first-order valence-electron chi connectivity index (χ1n) is 13.4. The maximum Gasteiger partial charge on any atom is 0.419 e. The molecule has 0 spiro atoms. The molecule has 0 fully saturated rings. The predicted octanol–water partition coefficient (Wildman–Crippen LogP) is 8.17. The van der Waals surface area contributed by atoms with Gasteiger partial charge in [-0.15, -0.1) is 0 Å². The molecule has 6 heteroatoms. The number of carbonyl (C=O) groups is 1. The summed E-state index contributed by atoms with van der Waals surface area (Å²) in [5, 5.41) is 6.95. The van der Waals surface area contributed by atoms with E-state index in [-0.39, 0.29) is 0 Å². The maximum absolute atomic E-state index is 13.4. The van der Waals surface area contributed by atoms with Crippen LogP contribution in [0, 0.1) is 0 Å². The number of fused-ring (bicyclic) bond motifs is 2. The van der Waals surface area contributed by atoms with E-state index in [1.807, 2.05) is 69.3 Å². The molecule has 0 saturated carbocycles. The zero-order valence-corrected chi connectivity index (χ0v) is 22.7. The molecule has 0 unspecified atom stereocenters. The molecule has 1 aliphatic rings. The van der Waals surface area contributed by atoms with Crippen LogP contribution in [0.5, 0.6) is 11.5 Å². The quantitative estimate of drug-likeness (QED) is 0.245. The van der Waals surface area contributed by atoms with Gasteiger partial charge in [0.15, 0.2) is 11.5 Å². The number of benzene rings is 4. The minimum atomic E-state index is -0.631. The van der Waals surface area contributed by atoms with Gasteiger partial charge >= 0.3 is 6.09 Å². The smallest absolute Gasteiger partial charge is 0.419 e. The van der Waals surface area contributed by atoms with Gasteiger partial charge in [-0.2, -0.15) is 0 Å². The molecule has 0 bridgehead atoms. The molecule has 5 rings (SSSR count). The molecule has 1 aliphatic heterocycles. The first kappa shape index (κ1) is 26.2. The van der Waals surface area contributed by atoms with E-state index in [1.54, 1.807) is 4.90 Å². The number of rotatable bonds is 8. The fourth-order valence-electron chi connectivity index (χ4n) is 4.53. The number of nitrogens with zero attached hydrogens (tertiary/aromatic N) is 1. The molecule has 0 radical (unpaired) electrons. The summed E-state index contributed by atoms with van der Waals surface area (Å²) in [6.07, 6.45) is 1.37. The van der Waals surface area contributed by atoms with Crippen LogP contribution in [0.1, 0.15) is 31.9 Å². The second kappa shape index (κ2) is 11.5. The summed E-state index contributed by atoms with van der Waals surface area (Å²) in [5.74, 6) is 1.19. The van der Waals surface area contributed by atoms with Crippen LogP contribution in [0.15, 0.2) is 97.1 Å². The zero-order chi connectivity index (χ0) is 27.2. The fourth-order valence-corrected chi connectivity index (χ4v) is 4.53. The number of amides is 1. The van der Waals surface area contributed by atoms with E-state index in [2.05, 4.69) is 59.2 Å². The third-order valence-electron chi connectivity index (χ3n) is 6.37. The highest BCUT2D eigenvalue weighted by Gasteiger charge is 2.33. The first-order chi connectivity index (χ1) is 18.9. The summed E-state index contributed by atoms with van der Waals surface area (Å²) >= 11 is 0. The minimum absolute atomic E-state index is 0.442. The minimum Gasteiger partial charge on any atom is -0.453 e. The Kier molecular flexibility index (Phi) is 7.73. The normalized spacial score (nSPS) is 12.1. The van der Waals surface area contributed by atoms with Gasteiger partial charge < -0.3 is 20.1 Å². The number of hydrogen-bond donors (Lipinski definition) is 2. The molecular weight excluding hydrogens is 486 g/mol. The molecule has 0 atom stereocenters. The van der Waals surface area contributed by atoms with Crippen LogP contribution in [0.3, 0.4) is 0 Å².